The number of morpholine rings is 1. The maximum absolute atomic E-state index is 5.33. The highest BCUT2D eigenvalue weighted by Gasteiger charge is 2.17. The van der Waals surface area contributed by atoms with Gasteiger partial charge in [0.1, 0.15) is 16.1 Å². The Balaban J connectivity index is 2.22. The molecule has 0 saturated carbocycles. The number of aromatic amines is 3. The Morgan fingerprint density at radius 3 is 2.71 bits per heavy atom. The van der Waals surface area contributed by atoms with Crippen molar-refractivity contribution < 1.29 is 4.74 Å². The number of H-pyrrole nitrogens is 3. The van der Waals surface area contributed by atoms with E-state index < -0.39 is 0 Å². The van der Waals surface area contributed by atoms with E-state index in [1.165, 1.54) is 0 Å². The van der Waals surface area contributed by atoms with Gasteiger partial charge in [0.2, 0.25) is 0 Å². The molecule has 90 valence electrons. The molecule has 2 aromatic heterocycles. The summed E-state index contributed by atoms with van der Waals surface area (Å²) in [4.78, 5) is 9.51. The van der Waals surface area contributed by atoms with Gasteiger partial charge in [-0.25, -0.2) is 4.98 Å². The summed E-state index contributed by atoms with van der Waals surface area (Å²) < 4.78 is 6.42. The van der Waals surface area contributed by atoms with E-state index in [1.807, 2.05) is 0 Å². The van der Waals surface area contributed by atoms with Gasteiger partial charge in [-0.3, -0.25) is 10.2 Å². The van der Waals surface area contributed by atoms with Crippen LogP contribution in [-0.4, -0.2) is 46.5 Å². The van der Waals surface area contributed by atoms with Crippen LogP contribution in [-0.2, 0) is 4.74 Å². The van der Waals surface area contributed by atoms with Crippen LogP contribution < -0.4 is 4.90 Å². The van der Waals surface area contributed by atoms with Crippen LogP contribution in [0.2, 0.25) is 0 Å². The Labute approximate surface area is 107 Å². The van der Waals surface area contributed by atoms with Crippen molar-refractivity contribution in [1.29, 1.82) is 0 Å². The summed E-state index contributed by atoms with van der Waals surface area (Å²) in [5, 5.41) is 6.74. The monoisotopic (exact) mass is 269 g/mol. The number of anilines is 1. The molecule has 3 rings (SSSR count). The maximum atomic E-state index is 5.33. The third-order valence-corrected chi connectivity index (χ3v) is 3.25. The second-order valence-corrected chi connectivity index (χ2v) is 4.59. The molecule has 1 aliphatic rings. The van der Waals surface area contributed by atoms with E-state index in [1.54, 1.807) is 0 Å². The van der Waals surface area contributed by atoms with Gasteiger partial charge in [0, 0.05) is 13.1 Å². The fourth-order valence-electron chi connectivity index (χ4n) is 1.96. The van der Waals surface area contributed by atoms with Crippen molar-refractivity contribution in [2.75, 3.05) is 31.2 Å². The Hall–Kier alpha value is -1.25. The third-order valence-electron chi connectivity index (χ3n) is 2.75. The summed E-state index contributed by atoms with van der Waals surface area (Å²) in [7, 11) is 0. The number of hydrogen-bond acceptors (Lipinski definition) is 5. The lowest BCUT2D eigenvalue weighted by Gasteiger charge is -2.27. The van der Waals surface area contributed by atoms with E-state index in [9.17, 15) is 0 Å². The zero-order valence-corrected chi connectivity index (χ0v) is 10.6. The van der Waals surface area contributed by atoms with Gasteiger partial charge in [0.05, 0.1) is 18.6 Å². The van der Waals surface area contributed by atoms with Crippen LogP contribution in [0, 0.1) is 9.41 Å². The van der Waals surface area contributed by atoms with Gasteiger partial charge in [-0.1, -0.05) is 12.2 Å². The molecule has 0 unspecified atom stereocenters. The third kappa shape index (κ3) is 1.88. The number of nitrogens with zero attached hydrogens (tertiary/aromatic N) is 2. The van der Waals surface area contributed by atoms with Crippen LogP contribution in [0.5, 0.6) is 0 Å². The zero-order chi connectivity index (χ0) is 11.8. The SMILES string of the molecule is S=c1nc(N2CCOCC2)c2c(=S)[nH][nH]c2[nH]1. The molecule has 8 heteroatoms. The largest absolute Gasteiger partial charge is 0.378 e. The molecule has 17 heavy (non-hydrogen) atoms. The molecule has 0 aliphatic carbocycles. The minimum Gasteiger partial charge on any atom is -0.378 e. The van der Waals surface area contributed by atoms with E-state index in [0.29, 0.717) is 22.6 Å². The first-order valence-corrected chi connectivity index (χ1v) is 6.11. The lowest BCUT2D eigenvalue weighted by molar-refractivity contribution is 0.122. The normalized spacial score (nSPS) is 16.6. The second-order valence-electron chi connectivity index (χ2n) is 3.79. The Bertz CT molecular complexity index is 651. The first-order chi connectivity index (χ1) is 8.25. The quantitative estimate of drug-likeness (QED) is 0.685. The van der Waals surface area contributed by atoms with E-state index >= 15 is 0 Å². The molecule has 3 heterocycles. The molecule has 0 atom stereocenters. The second kappa shape index (κ2) is 4.21. The highest BCUT2D eigenvalue weighted by Crippen LogP contribution is 2.23. The molecular formula is C9H11N5OS2. The highest BCUT2D eigenvalue weighted by atomic mass is 32.1. The Morgan fingerprint density at radius 1 is 1.18 bits per heavy atom. The van der Waals surface area contributed by atoms with Crippen LogP contribution >= 0.6 is 24.4 Å². The Morgan fingerprint density at radius 2 is 1.94 bits per heavy atom. The smallest absolute Gasteiger partial charge is 0.200 e. The van der Waals surface area contributed by atoms with Crippen molar-refractivity contribution in [3.8, 4) is 0 Å². The number of ether oxygens (including phenoxy) is 1. The first kappa shape index (κ1) is 10.9. The summed E-state index contributed by atoms with van der Waals surface area (Å²) in [6.45, 7) is 3.02. The number of hydrogen-bond donors (Lipinski definition) is 3. The minimum absolute atomic E-state index is 0.448. The molecule has 2 aromatic rings. The van der Waals surface area contributed by atoms with Crippen LogP contribution in [0.15, 0.2) is 0 Å². The van der Waals surface area contributed by atoms with Crippen LogP contribution in [0.4, 0.5) is 5.82 Å². The average molecular weight is 269 g/mol. The molecule has 0 bridgehead atoms. The van der Waals surface area contributed by atoms with Crippen molar-refractivity contribution in [2.24, 2.45) is 0 Å². The topological polar surface area (TPSA) is 72.7 Å². The van der Waals surface area contributed by atoms with Crippen molar-refractivity contribution in [3.05, 3.63) is 9.41 Å². The zero-order valence-electron chi connectivity index (χ0n) is 8.95. The number of aromatic nitrogens is 4. The van der Waals surface area contributed by atoms with Crippen molar-refractivity contribution in [1.82, 2.24) is 20.2 Å². The lowest BCUT2D eigenvalue weighted by Crippen LogP contribution is -2.37. The Kier molecular flexibility index (Phi) is 2.69. The van der Waals surface area contributed by atoms with Crippen molar-refractivity contribution >= 4 is 41.3 Å². The van der Waals surface area contributed by atoms with Crippen molar-refractivity contribution in [2.45, 2.75) is 0 Å². The number of rotatable bonds is 1. The summed E-state index contributed by atoms with van der Waals surface area (Å²) in [5.74, 6) is 0.828. The van der Waals surface area contributed by atoms with Gasteiger partial charge < -0.3 is 14.6 Å². The van der Waals surface area contributed by atoms with E-state index in [-0.39, 0.29) is 0 Å². The van der Waals surface area contributed by atoms with Gasteiger partial charge in [-0.2, -0.15) is 0 Å². The molecular weight excluding hydrogens is 258 g/mol. The summed E-state index contributed by atoms with van der Waals surface area (Å²) in [5.41, 5.74) is 0.788. The predicted molar refractivity (Wildman–Crippen MR) is 69.5 cm³/mol. The molecule has 0 radical (unpaired) electrons. The molecule has 1 fully saturated rings. The summed E-state index contributed by atoms with van der Waals surface area (Å²) >= 11 is 10.4. The van der Waals surface area contributed by atoms with Crippen LogP contribution in [0.3, 0.4) is 0 Å². The standard InChI is InChI=1S/C9H11N5OS2/c16-8-5-6(12-13-8)10-9(17)11-7(5)14-1-3-15-4-2-14/h1-4H2,(H3,10,11,12,13,16,17). The molecule has 3 N–H and O–H groups in total. The highest BCUT2D eigenvalue weighted by molar-refractivity contribution is 7.71. The first-order valence-electron chi connectivity index (χ1n) is 5.29. The van der Waals surface area contributed by atoms with Crippen LogP contribution in [0.1, 0.15) is 0 Å². The van der Waals surface area contributed by atoms with Crippen molar-refractivity contribution in [3.63, 3.8) is 0 Å². The van der Waals surface area contributed by atoms with Gasteiger partial charge >= 0.3 is 0 Å². The van der Waals surface area contributed by atoms with Gasteiger partial charge in [-0.05, 0) is 12.2 Å². The fraction of sp³-hybridized carbons (Fsp3) is 0.444. The number of nitrogens with one attached hydrogen (secondary N) is 3. The van der Waals surface area contributed by atoms with Gasteiger partial charge in [0.15, 0.2) is 4.77 Å². The molecule has 0 spiro atoms. The predicted octanol–water partition coefficient (Wildman–Crippen LogP) is 1.51. The van der Waals surface area contributed by atoms with E-state index in [2.05, 4.69) is 25.1 Å². The minimum atomic E-state index is 0.448. The van der Waals surface area contributed by atoms with Gasteiger partial charge in [-0.15, -0.1) is 0 Å². The maximum Gasteiger partial charge on any atom is 0.200 e. The summed E-state index contributed by atoms with van der Waals surface area (Å²) in [6.07, 6.45) is 0. The molecule has 6 nitrogen and oxygen atoms in total. The fourth-order valence-corrected chi connectivity index (χ4v) is 2.39. The van der Waals surface area contributed by atoms with Crippen LogP contribution in [0.25, 0.3) is 11.0 Å². The average Bonchev–Trinajstić information content (AvgIpc) is 2.71. The number of fused-ring (bicyclic) bond motifs is 1. The molecule has 0 aromatic carbocycles. The van der Waals surface area contributed by atoms with Gasteiger partial charge in [0.25, 0.3) is 0 Å². The lowest BCUT2D eigenvalue weighted by atomic mass is 10.3. The summed E-state index contributed by atoms with van der Waals surface area (Å²) in [6, 6.07) is 0. The molecule has 1 saturated heterocycles. The van der Waals surface area contributed by atoms with E-state index in [0.717, 1.165) is 29.9 Å². The molecule has 0 amide bonds. The van der Waals surface area contributed by atoms with E-state index in [4.69, 9.17) is 29.2 Å². The molecule has 1 aliphatic heterocycles.